The van der Waals surface area contributed by atoms with Gasteiger partial charge in [0.15, 0.2) is 6.19 Å². The molecule has 7 heteroatoms. The van der Waals surface area contributed by atoms with Gasteiger partial charge in [0.25, 0.3) is 0 Å². The predicted octanol–water partition coefficient (Wildman–Crippen LogP) is 0.102. The first-order valence-corrected chi connectivity index (χ1v) is 5.61. The fourth-order valence-electron chi connectivity index (χ4n) is 1.50. The number of anilines is 1. The first-order valence-electron chi connectivity index (χ1n) is 5.61. The standard InChI is InChI=1S/C11H19N7/c1-9-7-14-11(18(9)4)17(3)6-5-16(2)10(13)15-8-12/h7H,5-6H2,1-4H3,(H2,13,15). The number of aromatic nitrogens is 2. The van der Waals surface area contributed by atoms with Crippen molar-refractivity contribution in [3.63, 3.8) is 0 Å². The van der Waals surface area contributed by atoms with E-state index in [1.807, 2.05) is 36.7 Å². The first kappa shape index (κ1) is 13.8. The van der Waals surface area contributed by atoms with Crippen molar-refractivity contribution < 1.29 is 0 Å². The van der Waals surface area contributed by atoms with Crippen LogP contribution in [0.25, 0.3) is 0 Å². The van der Waals surface area contributed by atoms with Gasteiger partial charge in [-0.1, -0.05) is 0 Å². The zero-order valence-corrected chi connectivity index (χ0v) is 11.2. The molecule has 0 aliphatic heterocycles. The minimum absolute atomic E-state index is 0.0990. The molecule has 1 aromatic heterocycles. The summed E-state index contributed by atoms with van der Waals surface area (Å²) >= 11 is 0. The SMILES string of the molecule is Cc1cnc(N(C)CCN(C)C(=N)NC#N)n1C. The molecule has 0 radical (unpaired) electrons. The summed E-state index contributed by atoms with van der Waals surface area (Å²) in [5.41, 5.74) is 1.10. The molecule has 1 heterocycles. The minimum atomic E-state index is 0.0990. The lowest BCUT2D eigenvalue weighted by Crippen LogP contribution is -2.40. The second-order valence-electron chi connectivity index (χ2n) is 4.19. The van der Waals surface area contributed by atoms with E-state index in [-0.39, 0.29) is 5.96 Å². The van der Waals surface area contributed by atoms with E-state index in [9.17, 15) is 0 Å². The molecule has 1 aromatic rings. The lowest BCUT2D eigenvalue weighted by atomic mass is 10.5. The molecule has 1 rings (SSSR count). The Balaban J connectivity index is 2.52. The number of hydrogen-bond acceptors (Lipinski definition) is 4. The van der Waals surface area contributed by atoms with Crippen LogP contribution in [0.15, 0.2) is 6.20 Å². The van der Waals surface area contributed by atoms with E-state index in [0.717, 1.165) is 18.2 Å². The van der Waals surface area contributed by atoms with Gasteiger partial charge in [-0.05, 0) is 6.92 Å². The highest BCUT2D eigenvalue weighted by Crippen LogP contribution is 2.10. The fourth-order valence-corrected chi connectivity index (χ4v) is 1.50. The third kappa shape index (κ3) is 3.13. The third-order valence-corrected chi connectivity index (χ3v) is 2.86. The topological polar surface area (TPSA) is 84.0 Å². The van der Waals surface area contributed by atoms with Crippen molar-refractivity contribution in [2.75, 3.05) is 32.1 Å². The number of rotatable bonds is 4. The van der Waals surface area contributed by atoms with Gasteiger partial charge in [0, 0.05) is 39.9 Å². The molecule has 0 unspecified atom stereocenters. The Morgan fingerprint density at radius 2 is 2.22 bits per heavy atom. The van der Waals surface area contributed by atoms with Crippen LogP contribution in [0.4, 0.5) is 5.95 Å². The lowest BCUT2D eigenvalue weighted by Gasteiger charge is -2.23. The Kier molecular flexibility index (Phi) is 4.54. The maximum Gasteiger partial charge on any atom is 0.205 e. The number of guanidine groups is 1. The van der Waals surface area contributed by atoms with Crippen molar-refractivity contribution in [2.24, 2.45) is 7.05 Å². The molecule has 7 nitrogen and oxygen atoms in total. The number of nitriles is 1. The summed E-state index contributed by atoms with van der Waals surface area (Å²) < 4.78 is 2.01. The summed E-state index contributed by atoms with van der Waals surface area (Å²) in [6, 6.07) is 0. The summed E-state index contributed by atoms with van der Waals surface area (Å²) in [5, 5.41) is 18.3. The van der Waals surface area contributed by atoms with Gasteiger partial charge in [0.2, 0.25) is 11.9 Å². The molecule has 0 spiro atoms. The predicted molar refractivity (Wildman–Crippen MR) is 70.3 cm³/mol. The Morgan fingerprint density at radius 1 is 1.56 bits per heavy atom. The van der Waals surface area contributed by atoms with Crippen LogP contribution in [-0.2, 0) is 7.05 Å². The summed E-state index contributed by atoms with van der Waals surface area (Å²) in [4.78, 5) is 8.02. The van der Waals surface area contributed by atoms with Crippen LogP contribution in [0.3, 0.4) is 0 Å². The van der Waals surface area contributed by atoms with Crippen LogP contribution < -0.4 is 10.2 Å². The average Bonchev–Trinajstić information content (AvgIpc) is 2.67. The Bertz CT molecular complexity index is 456. The number of hydrogen-bond donors (Lipinski definition) is 2. The molecule has 0 atom stereocenters. The van der Waals surface area contributed by atoms with Crippen LogP contribution in [0.5, 0.6) is 0 Å². The molecule has 0 aliphatic carbocycles. The average molecular weight is 249 g/mol. The van der Waals surface area contributed by atoms with E-state index in [4.69, 9.17) is 10.7 Å². The summed E-state index contributed by atoms with van der Waals surface area (Å²) in [6.07, 6.45) is 3.56. The summed E-state index contributed by atoms with van der Waals surface area (Å²) in [6.45, 7) is 3.36. The number of likely N-dealkylation sites (N-methyl/N-ethyl adjacent to an activating group) is 2. The van der Waals surface area contributed by atoms with Gasteiger partial charge in [-0.2, -0.15) is 5.26 Å². The molecule has 0 saturated carbocycles. The van der Waals surface area contributed by atoms with Gasteiger partial charge in [0.05, 0.1) is 6.20 Å². The summed E-state index contributed by atoms with van der Waals surface area (Å²) in [5.74, 6) is 0.989. The molecule has 0 saturated heterocycles. The van der Waals surface area contributed by atoms with Gasteiger partial charge < -0.3 is 14.4 Å². The molecule has 98 valence electrons. The molecule has 0 bridgehead atoms. The van der Waals surface area contributed by atoms with Gasteiger partial charge in [-0.15, -0.1) is 0 Å². The second-order valence-corrected chi connectivity index (χ2v) is 4.19. The van der Waals surface area contributed by atoms with Crippen molar-refractivity contribution in [1.82, 2.24) is 19.8 Å². The van der Waals surface area contributed by atoms with Gasteiger partial charge in [-0.3, -0.25) is 10.7 Å². The highest BCUT2D eigenvalue weighted by atomic mass is 15.3. The minimum Gasteiger partial charge on any atom is -0.344 e. The molecular formula is C11H19N7. The fraction of sp³-hybridized carbons (Fsp3) is 0.545. The highest BCUT2D eigenvalue weighted by molar-refractivity contribution is 5.77. The van der Waals surface area contributed by atoms with Crippen molar-refractivity contribution >= 4 is 11.9 Å². The van der Waals surface area contributed by atoms with Crippen molar-refractivity contribution in [1.29, 1.82) is 10.7 Å². The van der Waals surface area contributed by atoms with E-state index >= 15 is 0 Å². The van der Waals surface area contributed by atoms with Gasteiger partial charge in [-0.25, -0.2) is 4.98 Å². The van der Waals surface area contributed by atoms with Gasteiger partial charge in [0.1, 0.15) is 0 Å². The quantitative estimate of drug-likeness (QED) is 0.342. The second kappa shape index (κ2) is 5.91. The molecule has 0 aromatic carbocycles. The van der Waals surface area contributed by atoms with Gasteiger partial charge >= 0.3 is 0 Å². The number of imidazole rings is 1. The zero-order valence-electron chi connectivity index (χ0n) is 11.2. The Labute approximate surface area is 107 Å². The van der Waals surface area contributed by atoms with Crippen LogP contribution >= 0.6 is 0 Å². The third-order valence-electron chi connectivity index (χ3n) is 2.86. The normalized spacial score (nSPS) is 9.72. The first-order chi connectivity index (χ1) is 8.47. The van der Waals surface area contributed by atoms with E-state index in [0.29, 0.717) is 6.54 Å². The van der Waals surface area contributed by atoms with Crippen LogP contribution in [0, 0.1) is 23.8 Å². The van der Waals surface area contributed by atoms with Crippen molar-refractivity contribution in [3.05, 3.63) is 11.9 Å². The molecule has 0 fully saturated rings. The lowest BCUT2D eigenvalue weighted by molar-refractivity contribution is 0.491. The Morgan fingerprint density at radius 3 is 2.72 bits per heavy atom. The molecule has 0 aliphatic rings. The molecular weight excluding hydrogens is 230 g/mol. The molecule has 2 N–H and O–H groups in total. The molecule has 18 heavy (non-hydrogen) atoms. The van der Waals surface area contributed by atoms with Crippen molar-refractivity contribution in [2.45, 2.75) is 6.92 Å². The molecule has 0 amide bonds. The number of aryl methyl sites for hydroxylation is 1. The largest absolute Gasteiger partial charge is 0.344 e. The van der Waals surface area contributed by atoms with Crippen LogP contribution in [-0.4, -0.2) is 47.6 Å². The maximum atomic E-state index is 8.43. The van der Waals surface area contributed by atoms with E-state index in [2.05, 4.69) is 10.3 Å². The highest BCUT2D eigenvalue weighted by Gasteiger charge is 2.10. The van der Waals surface area contributed by atoms with E-state index in [1.54, 1.807) is 18.1 Å². The Hall–Kier alpha value is -2.23. The van der Waals surface area contributed by atoms with Crippen LogP contribution in [0.2, 0.25) is 0 Å². The van der Waals surface area contributed by atoms with E-state index < -0.39 is 0 Å². The number of nitrogens with one attached hydrogen (secondary N) is 2. The summed E-state index contributed by atoms with van der Waals surface area (Å²) in [7, 11) is 5.69. The van der Waals surface area contributed by atoms with E-state index in [1.165, 1.54) is 0 Å². The zero-order chi connectivity index (χ0) is 13.7. The monoisotopic (exact) mass is 249 g/mol. The maximum absolute atomic E-state index is 8.43. The smallest absolute Gasteiger partial charge is 0.205 e. The van der Waals surface area contributed by atoms with Crippen molar-refractivity contribution in [3.8, 4) is 6.19 Å². The van der Waals surface area contributed by atoms with Crippen LogP contribution in [0.1, 0.15) is 5.69 Å². The number of nitrogens with zero attached hydrogens (tertiary/aromatic N) is 5.